The number of benzene rings is 4. The van der Waals surface area contributed by atoms with Crippen LogP contribution in [0.2, 0.25) is 0 Å². The maximum atomic E-state index is 5.68. The lowest BCUT2D eigenvalue weighted by molar-refractivity contribution is 0.866. The van der Waals surface area contributed by atoms with E-state index in [1.165, 1.54) is 22.7 Å². The highest BCUT2D eigenvalue weighted by atomic mass is 15.1. The molecule has 0 unspecified atom stereocenters. The first-order valence-corrected chi connectivity index (χ1v) is 24.9. The van der Waals surface area contributed by atoms with Gasteiger partial charge in [-0.2, -0.15) is 0 Å². The van der Waals surface area contributed by atoms with Crippen LogP contribution in [0.15, 0.2) is 127 Å². The summed E-state index contributed by atoms with van der Waals surface area (Å²) in [6.45, 7) is 25.3. The van der Waals surface area contributed by atoms with Crippen molar-refractivity contribution in [1.29, 1.82) is 0 Å². The van der Waals surface area contributed by atoms with E-state index < -0.39 is 0 Å². The van der Waals surface area contributed by atoms with Crippen LogP contribution in [0.3, 0.4) is 0 Å². The minimum absolute atomic E-state index is 0.880. The van der Waals surface area contributed by atoms with Crippen LogP contribution in [-0.4, -0.2) is 72.3 Å². The molecule has 0 radical (unpaired) electrons. The number of aromatic nitrogens is 4. The van der Waals surface area contributed by atoms with E-state index in [1.54, 1.807) is 0 Å². The van der Waals surface area contributed by atoms with Gasteiger partial charge in [-0.1, -0.05) is 48.5 Å². The molecule has 4 aromatic carbocycles. The molecule has 8 nitrogen and oxygen atoms in total. The van der Waals surface area contributed by atoms with Gasteiger partial charge in [-0.25, -0.2) is 9.97 Å². The van der Waals surface area contributed by atoms with E-state index in [0.29, 0.717) is 0 Å². The fraction of sp³-hybridized carbons (Fsp3) is 0.267. The number of hydrogen-bond donors (Lipinski definition) is 2. The zero-order valence-electron chi connectivity index (χ0n) is 41.2. The van der Waals surface area contributed by atoms with E-state index in [4.69, 9.17) is 9.97 Å². The fourth-order valence-corrected chi connectivity index (χ4v) is 10.1. The minimum atomic E-state index is 0.880. The largest absolute Gasteiger partial charge is 0.372 e. The van der Waals surface area contributed by atoms with Crippen LogP contribution >= 0.6 is 0 Å². The van der Waals surface area contributed by atoms with Crippen molar-refractivity contribution in [3.8, 4) is 33.4 Å². The normalized spacial score (nSPS) is 12.0. The van der Waals surface area contributed by atoms with Crippen LogP contribution < -0.4 is 19.6 Å². The summed E-state index contributed by atoms with van der Waals surface area (Å²) in [6.07, 6.45) is 6.48. The van der Waals surface area contributed by atoms with E-state index in [9.17, 15) is 0 Å². The number of nitrogens with zero attached hydrogens (tertiary/aromatic N) is 6. The maximum Gasteiger partial charge on any atom is 0.0815 e. The SMILES string of the molecule is CCN(CC)c1ccc(C2=Cc3cc4ccc(cc5nc(cc6[nH]c(c(-c7ccc(N(CC)CC)cc7)c2n3)c(-c2ccc(N(CC)CC)cc2)c6-c2ccc(N(CC)CC)cc2)C=C5)[nH]4)cc1. The molecule has 0 fully saturated rings. The quantitative estimate of drug-likeness (QED) is 0.101. The summed E-state index contributed by atoms with van der Waals surface area (Å²) in [5, 5.41) is 0. The van der Waals surface area contributed by atoms with Gasteiger partial charge in [0.05, 0.1) is 28.3 Å². The summed E-state index contributed by atoms with van der Waals surface area (Å²) in [6, 6.07) is 47.2. The minimum Gasteiger partial charge on any atom is -0.372 e. The van der Waals surface area contributed by atoms with E-state index in [2.05, 4.69) is 231 Å². The molecule has 0 amide bonds. The number of H-pyrrole nitrogens is 2. The monoisotopic (exact) mass is 899 g/mol. The van der Waals surface area contributed by atoms with E-state index in [1.807, 2.05) is 0 Å². The smallest absolute Gasteiger partial charge is 0.0815 e. The van der Waals surface area contributed by atoms with Gasteiger partial charge in [0.25, 0.3) is 0 Å². The molecule has 3 aromatic heterocycles. The molecule has 2 N–H and O–H groups in total. The first kappa shape index (κ1) is 45.8. The van der Waals surface area contributed by atoms with Crippen molar-refractivity contribution >= 4 is 68.6 Å². The van der Waals surface area contributed by atoms with Gasteiger partial charge in [0.1, 0.15) is 0 Å². The molecule has 8 heteroatoms. The van der Waals surface area contributed by atoms with Crippen molar-refractivity contribution in [3.63, 3.8) is 0 Å². The Labute approximate surface area is 403 Å². The summed E-state index contributed by atoms with van der Waals surface area (Å²) in [7, 11) is 0. The molecule has 8 bridgehead atoms. The summed E-state index contributed by atoms with van der Waals surface area (Å²) >= 11 is 0. The van der Waals surface area contributed by atoms with Crippen LogP contribution in [0.25, 0.3) is 79.2 Å². The van der Waals surface area contributed by atoms with Crippen LogP contribution in [0.1, 0.15) is 83.7 Å². The third-order valence-corrected chi connectivity index (χ3v) is 13.8. The van der Waals surface area contributed by atoms with Crippen LogP contribution in [0.5, 0.6) is 0 Å². The third-order valence-electron chi connectivity index (χ3n) is 13.8. The predicted octanol–water partition coefficient (Wildman–Crippen LogP) is 14.5. The van der Waals surface area contributed by atoms with Crippen molar-refractivity contribution in [2.24, 2.45) is 0 Å². The topological polar surface area (TPSA) is 70.3 Å². The molecular formula is C60H66N8. The molecule has 2 aliphatic rings. The van der Waals surface area contributed by atoms with Gasteiger partial charge in [-0.3, -0.25) is 0 Å². The van der Waals surface area contributed by atoms with Crippen molar-refractivity contribution in [2.45, 2.75) is 55.4 Å². The number of anilines is 4. The second-order valence-corrected chi connectivity index (χ2v) is 17.5. The average molecular weight is 899 g/mol. The predicted molar refractivity (Wildman–Crippen MR) is 294 cm³/mol. The number of rotatable bonds is 16. The van der Waals surface area contributed by atoms with Crippen LogP contribution in [-0.2, 0) is 0 Å². The Morgan fingerprint density at radius 1 is 0.368 bits per heavy atom. The zero-order valence-corrected chi connectivity index (χ0v) is 41.2. The van der Waals surface area contributed by atoms with Gasteiger partial charge in [0.15, 0.2) is 0 Å². The molecule has 9 rings (SSSR count). The van der Waals surface area contributed by atoms with Crippen molar-refractivity contribution in [3.05, 3.63) is 156 Å². The summed E-state index contributed by atoms with van der Waals surface area (Å²) in [5.41, 5.74) is 21.1. The van der Waals surface area contributed by atoms with Crippen molar-refractivity contribution in [1.82, 2.24) is 19.9 Å². The Bertz CT molecular complexity index is 3080. The Morgan fingerprint density at radius 2 is 0.750 bits per heavy atom. The van der Waals surface area contributed by atoms with E-state index in [0.717, 1.165) is 142 Å². The first-order valence-electron chi connectivity index (χ1n) is 24.9. The van der Waals surface area contributed by atoms with E-state index in [-0.39, 0.29) is 0 Å². The molecule has 5 heterocycles. The summed E-state index contributed by atoms with van der Waals surface area (Å²) in [5.74, 6) is 0. The lowest BCUT2D eigenvalue weighted by Gasteiger charge is -2.22. The number of aromatic amines is 2. The van der Waals surface area contributed by atoms with Gasteiger partial charge >= 0.3 is 0 Å². The highest BCUT2D eigenvalue weighted by Gasteiger charge is 2.25. The Kier molecular flexibility index (Phi) is 13.7. The number of nitrogens with one attached hydrogen (secondary N) is 2. The molecule has 0 spiro atoms. The van der Waals surface area contributed by atoms with E-state index >= 15 is 0 Å². The summed E-state index contributed by atoms with van der Waals surface area (Å²) in [4.78, 5) is 28.2. The first-order chi connectivity index (χ1) is 33.3. The standard InChI is InChI=1S/C60H66N8/c1-9-65(10-2)50-29-17-41(18-30-50)54-39-49-38-47-26-25-45(61-47)37-46-27-28-48(62-46)40-55-56(42-19-31-51(32-20-42)66(11-3)12-4)57(43-21-33-52(34-22-43)67(13-5)14-6)60(64-55)58(59(54)63-49)44-23-35-53(36-24-44)68(15-7)16-8/h17-40,61,64H,9-16H2,1-8H3. The molecule has 7 aromatic rings. The Morgan fingerprint density at radius 3 is 1.19 bits per heavy atom. The molecular weight excluding hydrogens is 833 g/mol. The molecule has 0 aliphatic carbocycles. The second-order valence-electron chi connectivity index (χ2n) is 17.5. The lowest BCUT2D eigenvalue weighted by atomic mass is 9.90. The summed E-state index contributed by atoms with van der Waals surface area (Å²) < 4.78 is 0. The lowest BCUT2D eigenvalue weighted by Crippen LogP contribution is -2.21. The van der Waals surface area contributed by atoms with Crippen molar-refractivity contribution < 1.29 is 0 Å². The van der Waals surface area contributed by atoms with Crippen LogP contribution in [0, 0.1) is 0 Å². The molecule has 68 heavy (non-hydrogen) atoms. The van der Waals surface area contributed by atoms with Gasteiger partial charge in [-0.05, 0) is 175 Å². The number of fused-ring (bicyclic) bond motifs is 8. The Hall–Kier alpha value is -7.32. The second kappa shape index (κ2) is 20.3. The molecule has 2 aliphatic heterocycles. The van der Waals surface area contributed by atoms with Gasteiger partial charge < -0.3 is 29.6 Å². The molecule has 346 valence electrons. The third kappa shape index (κ3) is 9.07. The van der Waals surface area contributed by atoms with Gasteiger partial charge in [-0.15, -0.1) is 0 Å². The van der Waals surface area contributed by atoms with Gasteiger partial charge in [0, 0.05) is 114 Å². The molecule has 0 saturated heterocycles. The highest BCUT2D eigenvalue weighted by Crippen LogP contribution is 2.46. The van der Waals surface area contributed by atoms with Gasteiger partial charge in [0.2, 0.25) is 0 Å². The zero-order chi connectivity index (χ0) is 47.3. The molecule has 0 saturated carbocycles. The number of hydrogen-bond acceptors (Lipinski definition) is 6. The van der Waals surface area contributed by atoms with Crippen LogP contribution in [0.4, 0.5) is 22.7 Å². The maximum absolute atomic E-state index is 5.68. The highest BCUT2D eigenvalue weighted by molar-refractivity contribution is 6.11. The fourth-order valence-electron chi connectivity index (χ4n) is 10.1. The van der Waals surface area contributed by atoms with Crippen molar-refractivity contribution in [2.75, 3.05) is 72.0 Å². The average Bonchev–Trinajstić information content (AvgIpc) is 4.19. The molecule has 0 atom stereocenters. The Balaban J connectivity index is 1.46.